The standard InChI is InChI=1S/C20H22FNO3/c21-17-8-4-7-15(11-17)18(23)12-19(24)22-13-16-9-10-25-20(16)14-5-2-1-3-6-14/h1-8,11,16,18,20,23H,9-10,12-13H2,(H,22,24). The maximum atomic E-state index is 13.2. The Balaban J connectivity index is 1.52. The van der Waals surface area contributed by atoms with E-state index in [0.29, 0.717) is 18.7 Å². The fraction of sp³-hybridized carbons (Fsp3) is 0.350. The summed E-state index contributed by atoms with van der Waals surface area (Å²) in [5.41, 5.74) is 1.51. The summed E-state index contributed by atoms with van der Waals surface area (Å²) in [6.45, 7) is 1.17. The topological polar surface area (TPSA) is 58.6 Å². The van der Waals surface area contributed by atoms with E-state index in [4.69, 9.17) is 4.74 Å². The van der Waals surface area contributed by atoms with Gasteiger partial charge in [-0.3, -0.25) is 4.79 Å². The van der Waals surface area contributed by atoms with E-state index in [2.05, 4.69) is 5.32 Å². The third kappa shape index (κ3) is 4.65. The van der Waals surface area contributed by atoms with Crippen molar-refractivity contribution in [2.24, 2.45) is 5.92 Å². The maximum absolute atomic E-state index is 13.2. The molecule has 4 nitrogen and oxygen atoms in total. The number of hydrogen-bond donors (Lipinski definition) is 2. The van der Waals surface area contributed by atoms with Gasteiger partial charge in [-0.05, 0) is 29.7 Å². The average Bonchev–Trinajstić information content (AvgIpc) is 3.09. The number of aliphatic hydroxyl groups excluding tert-OH is 1. The molecule has 1 aliphatic heterocycles. The second-order valence-electron chi connectivity index (χ2n) is 6.33. The van der Waals surface area contributed by atoms with Gasteiger partial charge in [-0.1, -0.05) is 42.5 Å². The number of nitrogens with one attached hydrogen (secondary N) is 1. The zero-order valence-electron chi connectivity index (χ0n) is 13.9. The molecule has 1 saturated heterocycles. The molecule has 132 valence electrons. The fourth-order valence-electron chi connectivity index (χ4n) is 3.18. The van der Waals surface area contributed by atoms with Gasteiger partial charge >= 0.3 is 0 Å². The molecule has 0 spiro atoms. The molecule has 1 aliphatic rings. The van der Waals surface area contributed by atoms with Crippen LogP contribution in [0, 0.1) is 11.7 Å². The summed E-state index contributed by atoms with van der Waals surface area (Å²) in [7, 11) is 0. The van der Waals surface area contributed by atoms with Crippen molar-refractivity contribution in [2.45, 2.75) is 25.0 Å². The summed E-state index contributed by atoms with van der Waals surface area (Å²) in [5, 5.41) is 13.0. The number of hydrogen-bond acceptors (Lipinski definition) is 3. The summed E-state index contributed by atoms with van der Waals surface area (Å²) in [6, 6.07) is 15.6. The first-order valence-electron chi connectivity index (χ1n) is 8.50. The Morgan fingerprint density at radius 3 is 2.80 bits per heavy atom. The minimum absolute atomic E-state index is 0.0188. The van der Waals surface area contributed by atoms with Crippen LogP contribution in [0.4, 0.5) is 4.39 Å². The lowest BCUT2D eigenvalue weighted by atomic mass is 9.95. The Kier molecular flexibility index (Phi) is 5.79. The molecule has 1 heterocycles. The Morgan fingerprint density at radius 2 is 2.04 bits per heavy atom. The number of benzene rings is 2. The lowest BCUT2D eigenvalue weighted by molar-refractivity contribution is -0.123. The fourth-order valence-corrected chi connectivity index (χ4v) is 3.18. The number of amides is 1. The first-order valence-corrected chi connectivity index (χ1v) is 8.50. The van der Waals surface area contributed by atoms with Gasteiger partial charge in [0.2, 0.25) is 5.91 Å². The SMILES string of the molecule is O=C(CC(O)c1cccc(F)c1)NCC1CCOC1c1ccccc1. The zero-order chi connectivity index (χ0) is 17.6. The lowest BCUT2D eigenvalue weighted by Gasteiger charge is -2.20. The van der Waals surface area contributed by atoms with Gasteiger partial charge < -0.3 is 15.2 Å². The Morgan fingerprint density at radius 1 is 1.24 bits per heavy atom. The van der Waals surface area contributed by atoms with E-state index in [1.165, 1.54) is 18.2 Å². The lowest BCUT2D eigenvalue weighted by Crippen LogP contribution is -2.31. The van der Waals surface area contributed by atoms with Crippen molar-refractivity contribution in [3.63, 3.8) is 0 Å². The van der Waals surface area contributed by atoms with Crippen LogP contribution in [0.5, 0.6) is 0 Å². The first kappa shape index (κ1) is 17.6. The quantitative estimate of drug-likeness (QED) is 0.847. The molecule has 2 N–H and O–H groups in total. The number of carbonyl (C=O) groups is 1. The molecule has 0 saturated carbocycles. The van der Waals surface area contributed by atoms with Crippen molar-refractivity contribution in [3.05, 3.63) is 71.5 Å². The summed E-state index contributed by atoms with van der Waals surface area (Å²) in [6.07, 6.45) is -0.241. The van der Waals surface area contributed by atoms with Gasteiger partial charge in [0.25, 0.3) is 0 Å². The van der Waals surface area contributed by atoms with Crippen LogP contribution < -0.4 is 5.32 Å². The molecule has 0 bridgehead atoms. The highest BCUT2D eigenvalue weighted by Gasteiger charge is 2.29. The van der Waals surface area contributed by atoms with Crippen molar-refractivity contribution in [1.29, 1.82) is 0 Å². The highest BCUT2D eigenvalue weighted by atomic mass is 19.1. The molecule has 0 radical (unpaired) electrons. The normalized spacial score (nSPS) is 21.0. The first-order chi connectivity index (χ1) is 12.1. The number of carbonyl (C=O) groups excluding carboxylic acids is 1. The van der Waals surface area contributed by atoms with Crippen LogP contribution in [0.15, 0.2) is 54.6 Å². The molecular formula is C20H22FNO3. The molecule has 1 amide bonds. The van der Waals surface area contributed by atoms with Gasteiger partial charge in [0.15, 0.2) is 0 Å². The molecule has 1 fully saturated rings. The Bertz CT molecular complexity index is 707. The zero-order valence-corrected chi connectivity index (χ0v) is 13.9. The van der Waals surface area contributed by atoms with Crippen LogP contribution in [0.3, 0.4) is 0 Å². The molecule has 3 atom stereocenters. The molecular weight excluding hydrogens is 321 g/mol. The largest absolute Gasteiger partial charge is 0.388 e. The minimum atomic E-state index is -1.01. The summed E-state index contributed by atoms with van der Waals surface area (Å²) < 4.78 is 19.0. The predicted molar refractivity (Wildman–Crippen MR) is 92.2 cm³/mol. The maximum Gasteiger partial charge on any atom is 0.222 e. The van der Waals surface area contributed by atoms with E-state index in [1.807, 2.05) is 30.3 Å². The van der Waals surface area contributed by atoms with Crippen molar-refractivity contribution < 1.29 is 19.0 Å². The van der Waals surface area contributed by atoms with E-state index in [-0.39, 0.29) is 24.3 Å². The summed E-state index contributed by atoms with van der Waals surface area (Å²) >= 11 is 0. The molecule has 2 aromatic carbocycles. The van der Waals surface area contributed by atoms with Gasteiger partial charge in [0.05, 0.1) is 18.6 Å². The highest BCUT2D eigenvalue weighted by molar-refractivity contribution is 5.76. The van der Waals surface area contributed by atoms with Crippen molar-refractivity contribution in [3.8, 4) is 0 Å². The molecule has 3 rings (SSSR count). The summed E-state index contributed by atoms with van der Waals surface area (Å²) in [5.74, 6) is -0.473. The van der Waals surface area contributed by atoms with Crippen molar-refractivity contribution in [1.82, 2.24) is 5.32 Å². The highest BCUT2D eigenvalue weighted by Crippen LogP contribution is 2.33. The Labute approximate surface area is 146 Å². The van der Waals surface area contributed by atoms with E-state index in [1.54, 1.807) is 6.07 Å². The summed E-state index contributed by atoms with van der Waals surface area (Å²) in [4.78, 5) is 12.1. The second-order valence-corrected chi connectivity index (χ2v) is 6.33. The average molecular weight is 343 g/mol. The van der Waals surface area contributed by atoms with Crippen LogP contribution in [0.2, 0.25) is 0 Å². The van der Waals surface area contributed by atoms with Gasteiger partial charge in [-0.15, -0.1) is 0 Å². The van der Waals surface area contributed by atoms with Gasteiger partial charge in [-0.2, -0.15) is 0 Å². The van der Waals surface area contributed by atoms with Crippen LogP contribution in [-0.2, 0) is 9.53 Å². The van der Waals surface area contributed by atoms with Crippen LogP contribution >= 0.6 is 0 Å². The number of rotatable bonds is 6. The molecule has 2 aromatic rings. The van der Waals surface area contributed by atoms with Crippen molar-refractivity contribution >= 4 is 5.91 Å². The molecule has 25 heavy (non-hydrogen) atoms. The van der Waals surface area contributed by atoms with Crippen molar-refractivity contribution in [2.75, 3.05) is 13.2 Å². The van der Waals surface area contributed by atoms with Gasteiger partial charge in [0, 0.05) is 19.1 Å². The third-order valence-electron chi connectivity index (χ3n) is 4.52. The van der Waals surface area contributed by atoms with Gasteiger partial charge in [0.1, 0.15) is 5.82 Å². The Hall–Kier alpha value is -2.24. The number of halogens is 1. The molecule has 0 aromatic heterocycles. The minimum Gasteiger partial charge on any atom is -0.388 e. The number of aliphatic hydroxyl groups is 1. The monoisotopic (exact) mass is 343 g/mol. The van der Waals surface area contributed by atoms with Gasteiger partial charge in [-0.25, -0.2) is 4.39 Å². The molecule has 5 heteroatoms. The van der Waals surface area contributed by atoms with Crippen LogP contribution in [0.1, 0.15) is 36.2 Å². The number of ether oxygens (including phenoxy) is 1. The second kappa shape index (κ2) is 8.23. The van der Waals surface area contributed by atoms with E-state index in [9.17, 15) is 14.3 Å². The van der Waals surface area contributed by atoms with Crippen LogP contribution in [0.25, 0.3) is 0 Å². The smallest absolute Gasteiger partial charge is 0.222 e. The molecule has 0 aliphatic carbocycles. The van der Waals surface area contributed by atoms with E-state index in [0.717, 1.165) is 12.0 Å². The van der Waals surface area contributed by atoms with E-state index >= 15 is 0 Å². The third-order valence-corrected chi connectivity index (χ3v) is 4.52. The van der Waals surface area contributed by atoms with Crippen LogP contribution in [-0.4, -0.2) is 24.2 Å². The van der Waals surface area contributed by atoms with E-state index < -0.39 is 11.9 Å². The predicted octanol–water partition coefficient (Wildman–Crippen LogP) is 3.14. The molecule has 3 unspecified atom stereocenters.